The number of nitrogens with one attached hydrogen (secondary N) is 1. The number of fused-ring (bicyclic) bond motifs is 1. The standard InChI is InChI=1S/C12H16N4S/c1-2-13-10-4-3-5-11-9(10)8-15-16(11)12-14-6-7-17-12/h6-8,10,13H,2-5H2,1H3. The Balaban J connectivity index is 1.99. The summed E-state index contributed by atoms with van der Waals surface area (Å²) in [5.74, 6) is 0. The van der Waals surface area contributed by atoms with Crippen molar-refractivity contribution in [1.82, 2.24) is 20.1 Å². The molecule has 1 aliphatic rings. The highest BCUT2D eigenvalue weighted by Gasteiger charge is 2.24. The average Bonchev–Trinajstić information content (AvgIpc) is 2.97. The van der Waals surface area contributed by atoms with Gasteiger partial charge in [0, 0.05) is 23.2 Å². The van der Waals surface area contributed by atoms with Crippen LogP contribution in [-0.4, -0.2) is 21.3 Å². The van der Waals surface area contributed by atoms with Gasteiger partial charge in [-0.25, -0.2) is 9.67 Å². The van der Waals surface area contributed by atoms with Crippen molar-refractivity contribution in [3.05, 3.63) is 29.0 Å². The Morgan fingerprint density at radius 2 is 2.53 bits per heavy atom. The lowest BCUT2D eigenvalue weighted by Gasteiger charge is -2.23. The van der Waals surface area contributed by atoms with E-state index in [-0.39, 0.29) is 0 Å². The SMILES string of the molecule is CCNC1CCCc2c1cnn2-c1nccs1. The fraction of sp³-hybridized carbons (Fsp3) is 0.500. The second-order valence-corrected chi connectivity index (χ2v) is 5.15. The van der Waals surface area contributed by atoms with Crippen LogP contribution in [0, 0.1) is 0 Å². The van der Waals surface area contributed by atoms with Crippen LogP contribution in [0.3, 0.4) is 0 Å². The van der Waals surface area contributed by atoms with Gasteiger partial charge in [0.05, 0.1) is 11.9 Å². The molecule has 0 saturated carbocycles. The van der Waals surface area contributed by atoms with E-state index in [2.05, 4.69) is 22.3 Å². The van der Waals surface area contributed by atoms with E-state index in [9.17, 15) is 0 Å². The molecule has 0 spiro atoms. The van der Waals surface area contributed by atoms with E-state index < -0.39 is 0 Å². The molecule has 0 fully saturated rings. The maximum atomic E-state index is 4.50. The highest BCUT2D eigenvalue weighted by atomic mass is 32.1. The van der Waals surface area contributed by atoms with Gasteiger partial charge < -0.3 is 5.32 Å². The van der Waals surface area contributed by atoms with Crippen LogP contribution >= 0.6 is 11.3 Å². The number of thiazole rings is 1. The summed E-state index contributed by atoms with van der Waals surface area (Å²) < 4.78 is 2.00. The van der Waals surface area contributed by atoms with Gasteiger partial charge in [0.25, 0.3) is 0 Å². The van der Waals surface area contributed by atoms with Gasteiger partial charge in [-0.3, -0.25) is 0 Å². The molecule has 0 aromatic carbocycles. The largest absolute Gasteiger partial charge is 0.310 e. The van der Waals surface area contributed by atoms with Gasteiger partial charge in [-0.15, -0.1) is 11.3 Å². The van der Waals surface area contributed by atoms with E-state index in [0.29, 0.717) is 6.04 Å². The van der Waals surface area contributed by atoms with Crippen LogP contribution in [0.5, 0.6) is 0 Å². The van der Waals surface area contributed by atoms with Crippen LogP contribution in [0.1, 0.15) is 37.1 Å². The molecule has 0 radical (unpaired) electrons. The first-order valence-electron chi connectivity index (χ1n) is 6.10. The highest BCUT2D eigenvalue weighted by Crippen LogP contribution is 2.31. The second kappa shape index (κ2) is 4.58. The summed E-state index contributed by atoms with van der Waals surface area (Å²) in [6, 6.07) is 0.470. The van der Waals surface area contributed by atoms with Crippen molar-refractivity contribution in [2.45, 2.75) is 32.2 Å². The van der Waals surface area contributed by atoms with Crippen LogP contribution < -0.4 is 5.32 Å². The maximum Gasteiger partial charge on any atom is 0.210 e. The van der Waals surface area contributed by atoms with Crippen molar-refractivity contribution in [2.75, 3.05) is 6.54 Å². The minimum Gasteiger partial charge on any atom is -0.310 e. The number of hydrogen-bond acceptors (Lipinski definition) is 4. The maximum absolute atomic E-state index is 4.50. The van der Waals surface area contributed by atoms with Crippen LogP contribution in [0.2, 0.25) is 0 Å². The first-order chi connectivity index (χ1) is 8.40. The molecule has 5 heteroatoms. The monoisotopic (exact) mass is 248 g/mol. The third-order valence-corrected chi connectivity index (χ3v) is 3.98. The molecular formula is C12H16N4S. The molecular weight excluding hydrogens is 232 g/mol. The summed E-state index contributed by atoms with van der Waals surface area (Å²) in [4.78, 5) is 4.34. The Labute approximate surface area is 105 Å². The van der Waals surface area contributed by atoms with E-state index in [4.69, 9.17) is 0 Å². The van der Waals surface area contributed by atoms with E-state index in [1.54, 1.807) is 11.3 Å². The molecule has 2 heterocycles. The zero-order valence-electron chi connectivity index (χ0n) is 9.89. The Kier molecular flexibility index (Phi) is 2.94. The zero-order valence-corrected chi connectivity index (χ0v) is 10.7. The molecule has 1 unspecified atom stereocenters. The molecule has 90 valence electrons. The van der Waals surface area contributed by atoms with Crippen molar-refractivity contribution in [2.24, 2.45) is 0 Å². The van der Waals surface area contributed by atoms with Gasteiger partial charge in [0.15, 0.2) is 0 Å². The Bertz CT molecular complexity index is 489. The lowest BCUT2D eigenvalue weighted by atomic mass is 9.93. The minimum atomic E-state index is 0.470. The van der Waals surface area contributed by atoms with Gasteiger partial charge in [0.2, 0.25) is 5.13 Å². The fourth-order valence-electron chi connectivity index (χ4n) is 2.50. The van der Waals surface area contributed by atoms with Crippen LogP contribution in [0.4, 0.5) is 0 Å². The van der Waals surface area contributed by atoms with Crippen molar-refractivity contribution in [3.8, 4) is 5.13 Å². The van der Waals surface area contributed by atoms with Crippen LogP contribution in [-0.2, 0) is 6.42 Å². The first-order valence-corrected chi connectivity index (χ1v) is 6.98. The number of aromatic nitrogens is 3. The number of hydrogen-bond donors (Lipinski definition) is 1. The van der Waals surface area contributed by atoms with Crippen molar-refractivity contribution in [3.63, 3.8) is 0 Å². The zero-order chi connectivity index (χ0) is 11.7. The van der Waals surface area contributed by atoms with Crippen LogP contribution in [0.15, 0.2) is 17.8 Å². The molecule has 2 aromatic heterocycles. The predicted molar refractivity (Wildman–Crippen MR) is 68.6 cm³/mol. The molecule has 2 aromatic rings. The first kappa shape index (κ1) is 10.9. The van der Waals surface area contributed by atoms with Crippen molar-refractivity contribution < 1.29 is 0 Å². The molecule has 0 aliphatic heterocycles. The van der Waals surface area contributed by atoms with Gasteiger partial charge in [0.1, 0.15) is 0 Å². The average molecular weight is 248 g/mol. The summed E-state index contributed by atoms with van der Waals surface area (Å²) in [5, 5.41) is 11.0. The van der Waals surface area contributed by atoms with E-state index in [1.807, 2.05) is 22.5 Å². The van der Waals surface area contributed by atoms with Gasteiger partial charge >= 0.3 is 0 Å². The lowest BCUT2D eigenvalue weighted by molar-refractivity contribution is 0.467. The van der Waals surface area contributed by atoms with E-state index >= 15 is 0 Å². The number of rotatable bonds is 3. The highest BCUT2D eigenvalue weighted by molar-refractivity contribution is 7.12. The Morgan fingerprint density at radius 1 is 1.59 bits per heavy atom. The summed E-state index contributed by atoms with van der Waals surface area (Å²) in [7, 11) is 0. The summed E-state index contributed by atoms with van der Waals surface area (Å²) in [6.45, 7) is 3.16. The fourth-order valence-corrected chi connectivity index (χ4v) is 3.12. The molecule has 4 nitrogen and oxygen atoms in total. The van der Waals surface area contributed by atoms with E-state index in [0.717, 1.165) is 18.1 Å². The molecule has 3 rings (SSSR count). The summed E-state index contributed by atoms with van der Waals surface area (Å²) in [6.07, 6.45) is 7.38. The summed E-state index contributed by atoms with van der Waals surface area (Å²) in [5.41, 5.74) is 2.69. The van der Waals surface area contributed by atoms with Crippen molar-refractivity contribution in [1.29, 1.82) is 0 Å². The Hall–Kier alpha value is -1.20. The third-order valence-electron chi connectivity index (χ3n) is 3.23. The minimum absolute atomic E-state index is 0.470. The lowest BCUT2D eigenvalue weighted by Crippen LogP contribution is -2.24. The predicted octanol–water partition coefficient (Wildman–Crippen LogP) is 2.32. The van der Waals surface area contributed by atoms with Crippen molar-refractivity contribution >= 4 is 11.3 Å². The topological polar surface area (TPSA) is 42.7 Å². The molecule has 1 N–H and O–H groups in total. The van der Waals surface area contributed by atoms with Gasteiger partial charge in [-0.05, 0) is 25.8 Å². The number of nitrogens with zero attached hydrogens (tertiary/aromatic N) is 3. The Morgan fingerprint density at radius 3 is 3.29 bits per heavy atom. The van der Waals surface area contributed by atoms with Crippen LogP contribution in [0.25, 0.3) is 5.13 Å². The third kappa shape index (κ3) is 1.89. The van der Waals surface area contributed by atoms with E-state index in [1.165, 1.54) is 24.1 Å². The summed E-state index contributed by atoms with van der Waals surface area (Å²) >= 11 is 1.64. The molecule has 0 saturated heterocycles. The molecule has 0 amide bonds. The second-order valence-electron chi connectivity index (χ2n) is 4.28. The molecule has 0 bridgehead atoms. The normalized spacial score (nSPS) is 19.2. The van der Waals surface area contributed by atoms with Gasteiger partial charge in [-0.1, -0.05) is 6.92 Å². The van der Waals surface area contributed by atoms with Gasteiger partial charge in [-0.2, -0.15) is 5.10 Å². The molecule has 17 heavy (non-hydrogen) atoms. The molecule has 1 aliphatic carbocycles. The molecule has 1 atom stereocenters. The smallest absolute Gasteiger partial charge is 0.210 e. The quantitative estimate of drug-likeness (QED) is 0.906.